The monoisotopic (exact) mass is 495 g/mol. The molecule has 3 aromatic rings. The van der Waals surface area contributed by atoms with E-state index in [1.54, 1.807) is 9.43 Å². The molecule has 0 amide bonds. The van der Waals surface area contributed by atoms with E-state index in [2.05, 4.69) is 97.4 Å². The van der Waals surface area contributed by atoms with Crippen molar-refractivity contribution in [2.45, 2.75) is 56.5 Å². The van der Waals surface area contributed by atoms with Gasteiger partial charge in [-0.1, -0.05) is 0 Å². The summed E-state index contributed by atoms with van der Waals surface area (Å²) in [4.78, 5) is 0. The molecular weight excluding hydrogens is 461 g/mol. The number of hydrogen-bond acceptors (Lipinski definition) is 1. The molecule has 1 aliphatic rings. The van der Waals surface area contributed by atoms with Gasteiger partial charge in [-0.2, -0.15) is 0 Å². The van der Waals surface area contributed by atoms with Gasteiger partial charge >= 0.3 is 168 Å². The summed E-state index contributed by atoms with van der Waals surface area (Å²) in [5.41, 5.74) is 4.59. The number of fused-ring (bicyclic) bond motifs is 6. The molecule has 1 unspecified atom stereocenters. The van der Waals surface area contributed by atoms with Crippen LogP contribution in [0.5, 0.6) is 0 Å². The first-order chi connectivity index (χ1) is 12.6. The summed E-state index contributed by atoms with van der Waals surface area (Å²) in [6.45, 7) is 11.5. The van der Waals surface area contributed by atoms with E-state index in [1.165, 1.54) is 32.7 Å². The van der Waals surface area contributed by atoms with Gasteiger partial charge in [0, 0.05) is 0 Å². The van der Waals surface area contributed by atoms with Gasteiger partial charge < -0.3 is 24.8 Å². The van der Waals surface area contributed by atoms with E-state index in [9.17, 15) is 0 Å². The van der Waals surface area contributed by atoms with Crippen LogP contribution in [0.2, 0.25) is 10.5 Å². The van der Waals surface area contributed by atoms with Crippen molar-refractivity contribution in [1.82, 2.24) is 3.80 Å². The first kappa shape index (κ1) is 27.4. The smallest absolute Gasteiger partial charge is 0.0149 e. The molecule has 5 heteroatoms. The second kappa shape index (κ2) is 9.48. The van der Waals surface area contributed by atoms with Crippen LogP contribution in [-0.2, 0) is 16.8 Å². The predicted octanol–water partition coefficient (Wildman–Crippen LogP) is -0.752. The SMILES string of the molecule is CC1=CC(C)c2c1c1ccccc1c1ccc[c]([Ti+2]([CH3])([CH3])[NH]C(C)(C)C)c21.[Cl-].[Cl-].[SiH4]. The molecular formula is C25H35Cl2NSiTi. The molecule has 0 heterocycles. The topological polar surface area (TPSA) is 12.0 Å². The van der Waals surface area contributed by atoms with Gasteiger partial charge in [-0.3, -0.25) is 0 Å². The fraction of sp³-hybridized carbons (Fsp3) is 0.360. The van der Waals surface area contributed by atoms with Gasteiger partial charge in [0.2, 0.25) is 0 Å². The van der Waals surface area contributed by atoms with Gasteiger partial charge in [0.25, 0.3) is 0 Å². The average Bonchev–Trinajstić information content (AvgIpc) is 2.87. The zero-order valence-electron chi connectivity index (χ0n) is 18.5. The number of nitrogens with one attached hydrogen (secondary N) is 1. The Labute approximate surface area is 202 Å². The molecule has 1 N–H and O–H groups in total. The molecule has 30 heavy (non-hydrogen) atoms. The van der Waals surface area contributed by atoms with E-state index in [0.717, 1.165) is 0 Å². The van der Waals surface area contributed by atoms with Crippen LogP contribution in [0.3, 0.4) is 0 Å². The zero-order valence-corrected chi connectivity index (χ0v) is 21.5. The third-order valence-corrected chi connectivity index (χ3v) is 10.7. The van der Waals surface area contributed by atoms with Gasteiger partial charge in [0.15, 0.2) is 0 Å². The van der Waals surface area contributed by atoms with Crippen molar-refractivity contribution in [3.63, 3.8) is 0 Å². The average molecular weight is 496 g/mol. The number of allylic oxidation sites excluding steroid dienone is 2. The Hall–Kier alpha value is -0.609. The van der Waals surface area contributed by atoms with Crippen LogP contribution in [0.25, 0.3) is 27.1 Å². The minimum atomic E-state index is -2.43. The van der Waals surface area contributed by atoms with Crippen molar-refractivity contribution in [1.29, 1.82) is 0 Å². The minimum absolute atomic E-state index is 0. The molecule has 0 fully saturated rings. The number of halogens is 2. The molecule has 0 spiro atoms. The van der Waals surface area contributed by atoms with E-state index >= 15 is 0 Å². The van der Waals surface area contributed by atoms with Crippen molar-refractivity contribution in [3.05, 3.63) is 59.7 Å². The molecule has 162 valence electrons. The maximum absolute atomic E-state index is 4.04. The fourth-order valence-corrected chi connectivity index (χ4v) is 10.6. The first-order valence-electron chi connectivity index (χ1n) is 10.1. The summed E-state index contributed by atoms with van der Waals surface area (Å²) in [5.74, 6) is 0.473. The van der Waals surface area contributed by atoms with E-state index < -0.39 is 16.8 Å². The van der Waals surface area contributed by atoms with Crippen molar-refractivity contribution < 1.29 is 41.7 Å². The van der Waals surface area contributed by atoms with Gasteiger partial charge in [-0.25, -0.2) is 0 Å². The van der Waals surface area contributed by atoms with Gasteiger partial charge in [0.05, 0.1) is 0 Å². The van der Waals surface area contributed by atoms with Gasteiger partial charge in [-0.15, -0.1) is 0 Å². The van der Waals surface area contributed by atoms with Crippen LogP contribution in [-0.4, -0.2) is 16.5 Å². The maximum atomic E-state index is 4.04. The van der Waals surface area contributed by atoms with E-state index in [0.29, 0.717) is 5.92 Å². The van der Waals surface area contributed by atoms with E-state index in [4.69, 9.17) is 0 Å². The fourth-order valence-electron chi connectivity index (χ4n) is 5.22. The summed E-state index contributed by atoms with van der Waals surface area (Å²) in [6.07, 6.45) is 2.45. The van der Waals surface area contributed by atoms with Crippen LogP contribution >= 0.6 is 0 Å². The summed E-state index contributed by atoms with van der Waals surface area (Å²) in [5, 5.41) is 10.7. The van der Waals surface area contributed by atoms with Crippen molar-refractivity contribution in [2.24, 2.45) is 0 Å². The molecule has 0 saturated heterocycles. The Morgan fingerprint density at radius 2 is 1.43 bits per heavy atom. The normalized spacial score (nSPS) is 15.2. The maximum Gasteiger partial charge on any atom is -0.0149 e. The van der Waals surface area contributed by atoms with Crippen LogP contribution in [0, 0.1) is 0 Å². The van der Waals surface area contributed by atoms with Crippen molar-refractivity contribution in [2.75, 3.05) is 0 Å². The van der Waals surface area contributed by atoms with Crippen LogP contribution < -0.4 is 32.5 Å². The first-order valence-corrected chi connectivity index (χ1v) is 14.7. The Balaban J connectivity index is 0.00000150. The molecule has 1 aliphatic carbocycles. The number of hydrogen-bond donors (Lipinski definition) is 1. The quantitative estimate of drug-likeness (QED) is 0.364. The molecule has 3 aromatic carbocycles. The molecule has 4 rings (SSSR count). The Bertz CT molecular complexity index is 1100. The second-order valence-corrected chi connectivity index (χ2v) is 16.0. The van der Waals surface area contributed by atoms with E-state index in [-0.39, 0.29) is 41.3 Å². The van der Waals surface area contributed by atoms with Crippen LogP contribution in [0.4, 0.5) is 0 Å². The summed E-state index contributed by atoms with van der Waals surface area (Å²) >= 11 is -2.43. The zero-order chi connectivity index (χ0) is 19.6. The third-order valence-electron chi connectivity index (χ3n) is 5.80. The van der Waals surface area contributed by atoms with Crippen LogP contribution in [0.1, 0.15) is 51.7 Å². The predicted molar refractivity (Wildman–Crippen MR) is 129 cm³/mol. The molecule has 0 aromatic heterocycles. The van der Waals surface area contributed by atoms with Gasteiger partial charge in [-0.05, 0) is 11.0 Å². The molecule has 1 atom stereocenters. The van der Waals surface area contributed by atoms with Gasteiger partial charge in [0.1, 0.15) is 0 Å². The van der Waals surface area contributed by atoms with Crippen molar-refractivity contribution >= 4 is 42.0 Å². The Kier molecular flexibility index (Phi) is 8.67. The van der Waals surface area contributed by atoms with Crippen molar-refractivity contribution in [3.8, 4) is 0 Å². The largest absolute Gasteiger partial charge is 1.00 e. The summed E-state index contributed by atoms with van der Waals surface area (Å²) in [7, 11) is 0. The number of rotatable bonds is 2. The molecule has 0 radical (unpaired) electrons. The third kappa shape index (κ3) is 4.60. The van der Waals surface area contributed by atoms with E-state index in [1.807, 2.05) is 0 Å². The summed E-state index contributed by atoms with van der Waals surface area (Å²) in [6, 6.07) is 16.0. The number of benzene rings is 3. The Morgan fingerprint density at radius 3 is 2.03 bits per heavy atom. The standard InChI is InChI=1S/C19H15.C4H10N.2CH3.2ClH.H4Si.Ti/c1-12-11-13(2)19-17-10-6-4-8-15(17)14-7-3-5-9-16(14)18(12)19;1-4(2,3)5;;;;;;/h3-9,11,13H,1-2H3;5H,1-3H3;2*1H3;2*1H;1H4;/q;-1;;;;;;+3/p-2. The minimum Gasteiger partial charge on any atom is -1.00 e. The molecule has 0 aliphatic heterocycles. The molecule has 0 bridgehead atoms. The Morgan fingerprint density at radius 1 is 0.867 bits per heavy atom. The summed E-state index contributed by atoms with van der Waals surface area (Å²) < 4.78 is 5.62. The molecule has 0 saturated carbocycles. The second-order valence-electron chi connectivity index (χ2n) is 9.70. The van der Waals surface area contributed by atoms with Crippen LogP contribution in [0.15, 0.2) is 48.5 Å². The molecule has 1 nitrogen and oxygen atoms in total.